The van der Waals surface area contributed by atoms with Gasteiger partial charge in [-0.2, -0.15) is 10.5 Å². The number of benzene rings is 6. The zero-order valence-electron chi connectivity index (χ0n) is 64.3. The maximum Gasteiger partial charge on any atom is 0.262 e. The SMILES string of the molecule is Cl.N#Cc1ccc(OC2CCC(c3nc4ccc(N5CCC(CN6CCN(c7ccc8c(c7)C(=O)N(C7CCC(=O)NC7=O)C8=O)CC6)CC5)cc4[nH]3)CC2)cc1Cl.N#Cc1ccc(OC2CCC(c3nc4ccc(N5CCC(CN6CCNCC6)CC5)cc4[nH]3)CC2)cc1Cl.O=C1CCC(N2C(=O)c3ccc(F)cc3C2=O)C(=O)N1. The second-order valence-corrected chi connectivity index (χ2v) is 32.7. The van der Waals surface area contributed by atoms with Crippen LogP contribution in [0, 0.1) is 40.3 Å². The zero-order valence-corrected chi connectivity index (χ0v) is 66.6. The van der Waals surface area contributed by atoms with E-state index in [1.165, 1.54) is 49.9 Å². The number of ether oxygens (including phenoxy) is 2. The number of carbonyl (C=O) groups is 8. The number of fused-ring (bicyclic) bond motifs is 4. The van der Waals surface area contributed by atoms with E-state index in [9.17, 15) is 42.7 Å². The van der Waals surface area contributed by atoms with E-state index >= 15 is 0 Å². The monoisotopic (exact) mass is 1630 g/mol. The Balaban J connectivity index is 0.000000153. The fraction of sp³-hybridized carbons (Fsp3) is 0.442. The highest BCUT2D eigenvalue weighted by molar-refractivity contribution is 6.32. The van der Waals surface area contributed by atoms with Crippen LogP contribution in [0.15, 0.2) is 109 Å². The molecule has 0 spiro atoms. The van der Waals surface area contributed by atoms with Crippen molar-refractivity contribution in [1.29, 1.82) is 10.5 Å². The number of imidazole rings is 2. The minimum absolute atomic E-state index is 0. The van der Waals surface area contributed by atoms with Crippen molar-refractivity contribution in [2.24, 2.45) is 11.8 Å². The predicted octanol–water partition coefficient (Wildman–Crippen LogP) is 11.6. The summed E-state index contributed by atoms with van der Waals surface area (Å²) in [5.41, 5.74) is 9.31. The van der Waals surface area contributed by atoms with Gasteiger partial charge in [0.15, 0.2) is 0 Å². The molecule has 5 N–H and O–H groups in total. The molecule has 10 aliphatic rings. The predicted molar refractivity (Wildman–Crippen MR) is 437 cm³/mol. The van der Waals surface area contributed by atoms with Crippen molar-refractivity contribution in [2.75, 3.05) is 106 Å². The lowest BCUT2D eigenvalue weighted by Gasteiger charge is -2.40. The molecule has 116 heavy (non-hydrogen) atoms. The molecule has 8 aromatic rings. The van der Waals surface area contributed by atoms with Gasteiger partial charge in [0.25, 0.3) is 23.6 Å². The zero-order chi connectivity index (χ0) is 79.5. The van der Waals surface area contributed by atoms with E-state index in [2.05, 4.69) is 99.0 Å². The van der Waals surface area contributed by atoms with Crippen molar-refractivity contribution in [3.8, 4) is 23.6 Å². The lowest BCUT2D eigenvalue weighted by atomic mass is 9.87. The molecule has 2 aromatic heterocycles. The summed E-state index contributed by atoms with van der Waals surface area (Å²) in [5.74, 6) is 0.810. The van der Waals surface area contributed by atoms with Crippen LogP contribution in [-0.4, -0.2) is 203 Å². The van der Waals surface area contributed by atoms with Gasteiger partial charge in [-0.25, -0.2) is 14.4 Å². The second-order valence-electron chi connectivity index (χ2n) is 31.9. The highest BCUT2D eigenvalue weighted by Gasteiger charge is 2.47. The first kappa shape index (κ1) is 80.7. The van der Waals surface area contributed by atoms with Crippen LogP contribution < -0.4 is 40.1 Å². The summed E-state index contributed by atoms with van der Waals surface area (Å²) >= 11 is 12.4. The Morgan fingerprint density at radius 1 is 0.440 bits per heavy atom. The van der Waals surface area contributed by atoms with Crippen molar-refractivity contribution in [3.05, 3.63) is 170 Å². The summed E-state index contributed by atoms with van der Waals surface area (Å²) < 4.78 is 25.5. The van der Waals surface area contributed by atoms with Crippen LogP contribution in [0.5, 0.6) is 11.5 Å². The van der Waals surface area contributed by atoms with Crippen molar-refractivity contribution in [3.63, 3.8) is 0 Å². The fourth-order valence-corrected chi connectivity index (χ4v) is 18.5. The Bertz CT molecular complexity index is 5180. The Hall–Kier alpha value is -10.5. The molecule has 604 valence electrons. The number of imide groups is 4. The van der Waals surface area contributed by atoms with Gasteiger partial charge in [0.1, 0.15) is 53.2 Å². The number of anilines is 3. The van der Waals surface area contributed by atoms with Crippen molar-refractivity contribution < 1.29 is 52.2 Å². The van der Waals surface area contributed by atoms with Crippen LogP contribution in [0.1, 0.15) is 179 Å². The maximum absolute atomic E-state index is 13.3. The van der Waals surface area contributed by atoms with Gasteiger partial charge in [0.2, 0.25) is 23.6 Å². The first-order valence-electron chi connectivity index (χ1n) is 40.3. The highest BCUT2D eigenvalue weighted by atomic mass is 35.5. The van der Waals surface area contributed by atoms with Gasteiger partial charge in [0, 0.05) is 145 Å². The molecule has 2 saturated carbocycles. The quantitative estimate of drug-likeness (QED) is 0.0595. The number of nitrogens with one attached hydrogen (secondary N) is 5. The molecule has 8 amide bonds. The van der Waals surface area contributed by atoms with Gasteiger partial charge >= 0.3 is 0 Å². The van der Waals surface area contributed by atoms with Crippen LogP contribution in [-0.2, 0) is 19.2 Å². The number of aromatic amines is 2. The Morgan fingerprint density at radius 3 is 1.28 bits per heavy atom. The summed E-state index contributed by atoms with van der Waals surface area (Å²) in [6.45, 7) is 14.8. The molecule has 10 heterocycles. The number of amides is 8. The van der Waals surface area contributed by atoms with Crippen molar-refractivity contribution >= 4 is 122 Å². The van der Waals surface area contributed by atoms with Crippen molar-refractivity contribution in [2.45, 2.75) is 139 Å². The third-order valence-corrected chi connectivity index (χ3v) is 25.2. The number of aromatic nitrogens is 4. The Kier molecular flexibility index (Phi) is 24.7. The van der Waals surface area contributed by atoms with E-state index in [0.29, 0.717) is 55.8 Å². The number of nitrogens with zero attached hydrogens (tertiary/aromatic N) is 11. The summed E-state index contributed by atoms with van der Waals surface area (Å²) in [6.07, 6.45) is 13.4. The number of piperazine rings is 2. The molecule has 0 bridgehead atoms. The van der Waals surface area contributed by atoms with Gasteiger partial charge in [0.05, 0.1) is 77.7 Å². The molecule has 6 aromatic carbocycles. The van der Waals surface area contributed by atoms with E-state index in [1.54, 1.807) is 36.4 Å². The average molecular weight is 1640 g/mol. The van der Waals surface area contributed by atoms with Crippen LogP contribution in [0.2, 0.25) is 10.0 Å². The molecule has 2 aliphatic carbocycles. The van der Waals surface area contributed by atoms with Gasteiger partial charge < -0.3 is 44.4 Å². The van der Waals surface area contributed by atoms with E-state index in [0.717, 1.165) is 209 Å². The Labute approximate surface area is 687 Å². The number of H-pyrrole nitrogens is 2. The molecular weight excluding hydrogens is 1540 g/mol. The smallest absolute Gasteiger partial charge is 0.262 e. The molecule has 2 atom stereocenters. The van der Waals surface area contributed by atoms with Crippen LogP contribution in [0.25, 0.3) is 22.1 Å². The van der Waals surface area contributed by atoms with Crippen LogP contribution >= 0.6 is 35.6 Å². The first-order valence-corrected chi connectivity index (χ1v) is 41.1. The fourth-order valence-electron chi connectivity index (χ4n) is 18.1. The molecule has 8 fully saturated rings. The molecule has 18 rings (SSSR count). The minimum Gasteiger partial charge on any atom is -0.490 e. The van der Waals surface area contributed by atoms with E-state index in [4.69, 9.17) is 53.2 Å². The second kappa shape index (κ2) is 35.5. The molecule has 30 heteroatoms. The summed E-state index contributed by atoms with van der Waals surface area (Å²) in [7, 11) is 0. The normalized spacial score (nSPS) is 23.0. The minimum atomic E-state index is -1.02. The van der Waals surface area contributed by atoms with Crippen LogP contribution in [0.4, 0.5) is 21.5 Å². The third kappa shape index (κ3) is 17.7. The van der Waals surface area contributed by atoms with E-state index in [-0.39, 0.29) is 67.3 Å². The summed E-state index contributed by atoms with van der Waals surface area (Å²) in [4.78, 5) is 129. The highest BCUT2D eigenvalue weighted by Crippen LogP contribution is 2.40. The molecule has 8 aliphatic heterocycles. The third-order valence-electron chi connectivity index (χ3n) is 24.6. The van der Waals surface area contributed by atoms with Gasteiger partial charge in [-0.15, -0.1) is 12.4 Å². The lowest BCUT2D eigenvalue weighted by molar-refractivity contribution is -0.137. The molecule has 26 nitrogen and oxygen atoms in total. The Morgan fingerprint density at radius 2 is 0.845 bits per heavy atom. The number of piperidine rings is 4. The van der Waals surface area contributed by atoms with Crippen molar-refractivity contribution in [1.82, 2.24) is 55.5 Å². The first-order chi connectivity index (χ1) is 55.8. The number of rotatable bonds is 15. The number of halogens is 4. The van der Waals surface area contributed by atoms with Crippen LogP contribution in [0.3, 0.4) is 0 Å². The number of hydrogen-bond acceptors (Lipinski definition) is 20. The standard InChI is InChI=1S/C43H45ClN8O5.C30H37ClN6O.C13H9FN2O4.ClH/c44-35-23-32(8-3-28(35)24-45)57-31-6-1-27(2-7-31)40-46-36-10-5-30(22-37(36)47-40)50-15-13-26(14-16-50)25-49-17-19-51(20-18-49)29-4-9-33-34(21-29)43(56)52(42(33)55)38-11-12-39(53)48-41(38)54;31-27-18-26(7-3-23(27)19-32)38-25-5-1-22(2-6-25)30-34-28-8-4-24(17-29(28)35-30)37-13-9-21(10-14-37)20-36-15-11-33-12-16-36;14-6-1-2-7-8(5-6)13(20)16(12(7)19)9-3-4-10(17)15-11(9)18;/h3-5,8-10,21-23,26-27,31,38H,1-2,6-7,11-20,25H2,(H,46,47)(H,48,53,54);3-4,7-8,17-18,21-22,25,33H,1-2,5-6,9-16,20H2,(H,34,35);1-2,5,9H,3-4H2,(H,15,17,18);1H. The number of nitriles is 2. The maximum atomic E-state index is 13.3. The topological polar surface area (TPSA) is 319 Å². The molecular formula is C86H92Cl3FN16O10. The number of hydrogen-bond donors (Lipinski definition) is 5. The van der Waals surface area contributed by atoms with E-state index in [1.807, 2.05) is 18.2 Å². The number of carbonyl (C=O) groups excluding carboxylic acids is 8. The average Bonchev–Trinajstić information content (AvgIpc) is 1.62. The van der Waals surface area contributed by atoms with Gasteiger partial charge in [-0.1, -0.05) is 23.2 Å². The summed E-state index contributed by atoms with van der Waals surface area (Å²) in [5, 5.41) is 26.9. The van der Waals surface area contributed by atoms with Gasteiger partial charge in [-0.05, 0) is 199 Å². The van der Waals surface area contributed by atoms with Gasteiger partial charge in [-0.3, -0.25) is 63.7 Å². The summed E-state index contributed by atoms with van der Waals surface area (Å²) in [6, 6.07) is 34.7. The molecule has 0 radical (unpaired) electrons. The molecule has 6 saturated heterocycles. The van der Waals surface area contributed by atoms with E-state index < -0.39 is 59.3 Å². The molecule has 2 unspecified atom stereocenters. The largest absolute Gasteiger partial charge is 0.490 e. The lowest BCUT2D eigenvalue weighted by Crippen LogP contribution is -2.54.